The van der Waals surface area contributed by atoms with Crippen LogP contribution in [0.3, 0.4) is 0 Å². The van der Waals surface area contributed by atoms with E-state index < -0.39 is 8.32 Å². The molecule has 1 aliphatic carbocycles. The van der Waals surface area contributed by atoms with Gasteiger partial charge in [-0.3, -0.25) is 0 Å². The minimum atomic E-state index is -1.45. The summed E-state index contributed by atoms with van der Waals surface area (Å²) in [6, 6.07) is 4.02. The lowest BCUT2D eigenvalue weighted by atomic mass is 9.85. The van der Waals surface area contributed by atoms with Gasteiger partial charge in [-0.2, -0.15) is 0 Å². The third kappa shape index (κ3) is 3.77. The summed E-state index contributed by atoms with van der Waals surface area (Å²) in [6.45, 7) is 9.06. The van der Waals surface area contributed by atoms with Gasteiger partial charge in [0.15, 0.2) is 0 Å². The second kappa shape index (κ2) is 4.96. The monoisotopic (exact) mass is 264 g/mol. The number of aryl methyl sites for hydroxylation is 1. The fourth-order valence-electron chi connectivity index (χ4n) is 2.48. The van der Waals surface area contributed by atoms with E-state index in [0.29, 0.717) is 0 Å². The zero-order chi connectivity index (χ0) is 13.2. The second-order valence-electron chi connectivity index (χ2n) is 6.56. The topological polar surface area (TPSA) is 22.4 Å². The highest BCUT2D eigenvalue weighted by molar-refractivity contribution is 6.70. The van der Waals surface area contributed by atoms with Crippen LogP contribution in [0.1, 0.15) is 31.9 Å². The average molecular weight is 264 g/mol. The van der Waals surface area contributed by atoms with Crippen molar-refractivity contribution in [3.05, 3.63) is 36.0 Å². The molecule has 0 N–H and O–H groups in total. The van der Waals surface area contributed by atoms with Crippen molar-refractivity contribution in [1.29, 1.82) is 0 Å². The van der Waals surface area contributed by atoms with Crippen molar-refractivity contribution < 1.29 is 8.84 Å². The minimum Gasteiger partial charge on any atom is -0.548 e. The molecule has 0 aromatic carbocycles. The third-order valence-electron chi connectivity index (χ3n) is 3.41. The van der Waals surface area contributed by atoms with Crippen molar-refractivity contribution in [3.8, 4) is 0 Å². The molecule has 0 saturated heterocycles. The Hall–Kier alpha value is -0.963. The fourth-order valence-corrected chi connectivity index (χ4v) is 3.42. The molecule has 2 rings (SSSR count). The SMILES string of the molecule is C[C@@]1(CCc2ccco2)C=C(O[Si](C)(C)C)CC1. The molecule has 100 valence electrons. The Morgan fingerprint density at radius 2 is 2.17 bits per heavy atom. The predicted molar refractivity (Wildman–Crippen MR) is 76.9 cm³/mol. The maximum atomic E-state index is 6.11. The average Bonchev–Trinajstić information content (AvgIpc) is 2.84. The lowest BCUT2D eigenvalue weighted by molar-refractivity contribution is 0.363. The van der Waals surface area contributed by atoms with Crippen LogP contribution in [0.15, 0.2) is 34.6 Å². The molecular weight excluding hydrogens is 240 g/mol. The largest absolute Gasteiger partial charge is 0.548 e. The quantitative estimate of drug-likeness (QED) is 0.716. The van der Waals surface area contributed by atoms with E-state index in [4.69, 9.17) is 8.84 Å². The van der Waals surface area contributed by atoms with Crippen LogP contribution >= 0.6 is 0 Å². The van der Waals surface area contributed by atoms with Crippen LogP contribution in [0.5, 0.6) is 0 Å². The molecule has 1 aromatic heterocycles. The van der Waals surface area contributed by atoms with E-state index in [9.17, 15) is 0 Å². The van der Waals surface area contributed by atoms with Crippen LogP contribution < -0.4 is 0 Å². The van der Waals surface area contributed by atoms with E-state index in [1.807, 2.05) is 6.07 Å². The molecule has 0 radical (unpaired) electrons. The molecule has 0 spiro atoms. The maximum Gasteiger partial charge on any atom is 0.241 e. The first-order valence-corrected chi connectivity index (χ1v) is 10.2. The molecule has 0 bridgehead atoms. The van der Waals surface area contributed by atoms with Gasteiger partial charge >= 0.3 is 0 Å². The van der Waals surface area contributed by atoms with Gasteiger partial charge in [-0.05, 0) is 56.1 Å². The molecule has 3 heteroatoms. The highest BCUT2D eigenvalue weighted by atomic mass is 28.4. The minimum absolute atomic E-state index is 0.280. The Morgan fingerprint density at radius 3 is 2.78 bits per heavy atom. The number of furan rings is 1. The fraction of sp³-hybridized carbons (Fsp3) is 0.600. The summed E-state index contributed by atoms with van der Waals surface area (Å²) in [5.74, 6) is 2.31. The lowest BCUT2D eigenvalue weighted by Gasteiger charge is -2.21. The van der Waals surface area contributed by atoms with Gasteiger partial charge in [0.2, 0.25) is 8.32 Å². The molecule has 1 aromatic rings. The normalized spacial score (nSPS) is 24.1. The number of rotatable bonds is 5. The van der Waals surface area contributed by atoms with E-state index in [2.05, 4.69) is 38.7 Å². The Labute approximate surface area is 111 Å². The zero-order valence-corrected chi connectivity index (χ0v) is 13.0. The molecule has 0 saturated carbocycles. The molecule has 1 aliphatic rings. The van der Waals surface area contributed by atoms with Crippen molar-refractivity contribution in [2.24, 2.45) is 5.41 Å². The smallest absolute Gasteiger partial charge is 0.241 e. The van der Waals surface area contributed by atoms with Crippen LogP contribution in [0.4, 0.5) is 0 Å². The lowest BCUT2D eigenvalue weighted by Crippen LogP contribution is -2.24. The van der Waals surface area contributed by atoms with Crippen molar-refractivity contribution in [1.82, 2.24) is 0 Å². The Balaban J connectivity index is 1.92. The molecule has 18 heavy (non-hydrogen) atoms. The van der Waals surface area contributed by atoms with Crippen molar-refractivity contribution >= 4 is 8.32 Å². The summed E-state index contributed by atoms with van der Waals surface area (Å²) in [7, 11) is -1.45. The molecule has 0 unspecified atom stereocenters. The van der Waals surface area contributed by atoms with Gasteiger partial charge in [0.1, 0.15) is 5.76 Å². The summed E-state index contributed by atoms with van der Waals surface area (Å²) < 4.78 is 11.5. The molecule has 0 aliphatic heterocycles. The molecular formula is C15H24O2Si. The first-order chi connectivity index (χ1) is 8.36. The molecule has 0 amide bonds. The molecule has 2 nitrogen and oxygen atoms in total. The van der Waals surface area contributed by atoms with Gasteiger partial charge in [0.05, 0.1) is 12.0 Å². The summed E-state index contributed by atoms with van der Waals surface area (Å²) in [5, 5.41) is 0. The Bertz CT molecular complexity index is 414. The van der Waals surface area contributed by atoms with E-state index in [0.717, 1.165) is 25.0 Å². The van der Waals surface area contributed by atoms with E-state index in [-0.39, 0.29) is 5.41 Å². The summed E-state index contributed by atoms with van der Waals surface area (Å²) >= 11 is 0. The second-order valence-corrected chi connectivity index (χ2v) is 11.0. The number of hydrogen-bond donors (Lipinski definition) is 0. The summed E-state index contributed by atoms with van der Waals surface area (Å²) in [4.78, 5) is 0. The standard InChI is InChI=1S/C15H24O2Si/c1-15(9-7-13-6-5-11-16-13)10-8-14(12-15)17-18(2,3)4/h5-6,11-12H,7-10H2,1-4H3/t15-/m0/s1. The Morgan fingerprint density at radius 1 is 1.39 bits per heavy atom. The first kappa shape index (κ1) is 13.5. The van der Waals surface area contributed by atoms with Crippen LogP contribution in [-0.2, 0) is 10.8 Å². The van der Waals surface area contributed by atoms with E-state index in [1.54, 1.807) is 6.26 Å². The molecule has 0 fully saturated rings. The van der Waals surface area contributed by atoms with Crippen molar-refractivity contribution in [3.63, 3.8) is 0 Å². The van der Waals surface area contributed by atoms with Crippen LogP contribution in [0.25, 0.3) is 0 Å². The summed E-state index contributed by atoms with van der Waals surface area (Å²) in [5.41, 5.74) is 0.280. The number of hydrogen-bond acceptors (Lipinski definition) is 2. The van der Waals surface area contributed by atoms with Crippen molar-refractivity contribution in [2.45, 2.75) is 52.2 Å². The number of allylic oxidation sites excluding steroid dienone is 2. The van der Waals surface area contributed by atoms with Gasteiger partial charge in [-0.25, -0.2) is 0 Å². The van der Waals surface area contributed by atoms with E-state index in [1.165, 1.54) is 12.2 Å². The van der Waals surface area contributed by atoms with Crippen LogP contribution in [-0.4, -0.2) is 8.32 Å². The predicted octanol–water partition coefficient (Wildman–Crippen LogP) is 4.75. The zero-order valence-electron chi connectivity index (χ0n) is 12.0. The Kier molecular flexibility index (Phi) is 3.71. The van der Waals surface area contributed by atoms with Gasteiger partial charge in [0.25, 0.3) is 0 Å². The molecule has 1 heterocycles. The third-order valence-corrected chi connectivity index (χ3v) is 4.29. The summed E-state index contributed by atoms with van der Waals surface area (Å²) in [6.07, 6.45) is 8.56. The van der Waals surface area contributed by atoms with Crippen LogP contribution in [0, 0.1) is 5.41 Å². The van der Waals surface area contributed by atoms with Gasteiger partial charge in [-0.15, -0.1) is 0 Å². The van der Waals surface area contributed by atoms with Crippen molar-refractivity contribution in [2.75, 3.05) is 0 Å². The maximum absolute atomic E-state index is 6.11. The highest BCUT2D eigenvalue weighted by Gasteiger charge is 2.31. The van der Waals surface area contributed by atoms with Gasteiger partial charge in [-0.1, -0.05) is 6.92 Å². The highest BCUT2D eigenvalue weighted by Crippen LogP contribution is 2.40. The molecule has 1 atom stereocenters. The van der Waals surface area contributed by atoms with E-state index >= 15 is 0 Å². The van der Waals surface area contributed by atoms with Crippen LogP contribution in [0.2, 0.25) is 19.6 Å². The van der Waals surface area contributed by atoms with Gasteiger partial charge < -0.3 is 8.84 Å². The first-order valence-electron chi connectivity index (χ1n) is 6.79. The van der Waals surface area contributed by atoms with Gasteiger partial charge in [0, 0.05) is 12.8 Å².